The number of carbonyl (C=O) groups excluding carboxylic acids is 1. The van der Waals surface area contributed by atoms with E-state index in [0.29, 0.717) is 0 Å². The molecule has 0 saturated heterocycles. The first-order valence-electron chi connectivity index (χ1n) is 9.65. The van der Waals surface area contributed by atoms with Crippen molar-refractivity contribution >= 4 is 5.91 Å². The van der Waals surface area contributed by atoms with Gasteiger partial charge in [0.2, 0.25) is 0 Å². The Balaban J connectivity index is 2.15. The fourth-order valence-corrected chi connectivity index (χ4v) is 2.72. The van der Waals surface area contributed by atoms with Crippen LogP contribution in [0.25, 0.3) is 16.9 Å². The van der Waals surface area contributed by atoms with Gasteiger partial charge in [-0.25, -0.2) is 13.2 Å². The topological polar surface area (TPSA) is 97.1 Å². The molecule has 3 aromatic rings. The molecule has 0 spiro atoms. The molecule has 1 atom stereocenters. The van der Waals surface area contributed by atoms with E-state index >= 15 is 0 Å². The zero-order chi connectivity index (χ0) is 23.6. The standard InChI is InChI=1S/C22H21F3N4O3/c1-12(22(2,3)32)27-20(30)16-10-18(13-7-8-17(19(24)25)26-11-13)28-29(21(16)31)15-6-4-5-14(23)9-15/h4-12,19,32H,1-3H3,(H,27,30)/t12-/m1/s1. The molecule has 0 bridgehead atoms. The van der Waals surface area contributed by atoms with Crippen molar-refractivity contribution < 1.29 is 23.1 Å². The van der Waals surface area contributed by atoms with Crippen molar-refractivity contribution in [3.63, 3.8) is 0 Å². The molecule has 32 heavy (non-hydrogen) atoms. The number of nitrogens with zero attached hydrogens (tertiary/aromatic N) is 3. The van der Waals surface area contributed by atoms with Gasteiger partial charge in [0, 0.05) is 11.8 Å². The molecule has 2 aromatic heterocycles. The second-order valence-corrected chi connectivity index (χ2v) is 7.76. The Bertz CT molecular complexity index is 1190. The Morgan fingerprint density at radius 1 is 1.19 bits per heavy atom. The average molecular weight is 446 g/mol. The normalized spacial score (nSPS) is 12.6. The maximum Gasteiger partial charge on any atom is 0.284 e. The van der Waals surface area contributed by atoms with Gasteiger partial charge in [-0.1, -0.05) is 6.07 Å². The number of carbonyl (C=O) groups is 1. The lowest BCUT2D eigenvalue weighted by molar-refractivity contribution is 0.0408. The fourth-order valence-electron chi connectivity index (χ4n) is 2.72. The van der Waals surface area contributed by atoms with Crippen molar-refractivity contribution in [2.75, 3.05) is 0 Å². The van der Waals surface area contributed by atoms with Crippen molar-refractivity contribution in [2.24, 2.45) is 0 Å². The highest BCUT2D eigenvalue weighted by atomic mass is 19.3. The zero-order valence-electron chi connectivity index (χ0n) is 17.5. The quantitative estimate of drug-likeness (QED) is 0.606. The van der Waals surface area contributed by atoms with Crippen LogP contribution in [0, 0.1) is 5.82 Å². The summed E-state index contributed by atoms with van der Waals surface area (Å²) < 4.78 is 40.3. The molecule has 0 fully saturated rings. The first-order valence-corrected chi connectivity index (χ1v) is 9.65. The fraction of sp³-hybridized carbons (Fsp3) is 0.273. The van der Waals surface area contributed by atoms with Crippen molar-refractivity contribution in [1.29, 1.82) is 0 Å². The van der Waals surface area contributed by atoms with Crippen LogP contribution in [-0.4, -0.2) is 37.4 Å². The second kappa shape index (κ2) is 8.91. The highest BCUT2D eigenvalue weighted by molar-refractivity contribution is 5.95. The summed E-state index contributed by atoms with van der Waals surface area (Å²) >= 11 is 0. The maximum atomic E-state index is 13.8. The van der Waals surface area contributed by atoms with Crippen LogP contribution < -0.4 is 10.9 Å². The maximum absolute atomic E-state index is 13.8. The number of pyridine rings is 1. The molecular weight excluding hydrogens is 425 g/mol. The SMILES string of the molecule is C[C@@H](NC(=O)c1cc(-c2ccc(C(F)F)nc2)nn(-c2cccc(F)c2)c1=O)C(C)(C)O. The van der Waals surface area contributed by atoms with Crippen LogP contribution in [-0.2, 0) is 0 Å². The third kappa shape index (κ3) is 5.02. The van der Waals surface area contributed by atoms with Crippen LogP contribution >= 0.6 is 0 Å². The van der Waals surface area contributed by atoms with Gasteiger partial charge in [-0.3, -0.25) is 14.6 Å². The minimum absolute atomic E-state index is 0.0681. The van der Waals surface area contributed by atoms with Crippen molar-refractivity contribution in [3.8, 4) is 16.9 Å². The Kier molecular flexibility index (Phi) is 6.45. The molecule has 2 heterocycles. The van der Waals surface area contributed by atoms with Crippen molar-refractivity contribution in [2.45, 2.75) is 38.8 Å². The molecule has 0 saturated carbocycles. The lowest BCUT2D eigenvalue weighted by Gasteiger charge is -2.26. The molecule has 168 valence electrons. The smallest absolute Gasteiger partial charge is 0.284 e. The lowest BCUT2D eigenvalue weighted by Crippen LogP contribution is -2.48. The van der Waals surface area contributed by atoms with E-state index < -0.39 is 41.0 Å². The third-order valence-electron chi connectivity index (χ3n) is 4.92. The summed E-state index contributed by atoms with van der Waals surface area (Å²) in [7, 11) is 0. The molecule has 10 heteroatoms. The summed E-state index contributed by atoms with van der Waals surface area (Å²) in [6.45, 7) is 4.56. The first kappa shape index (κ1) is 23.1. The number of halogens is 3. The van der Waals surface area contributed by atoms with Gasteiger partial charge in [-0.05, 0) is 57.2 Å². The number of hydrogen-bond donors (Lipinski definition) is 2. The van der Waals surface area contributed by atoms with Gasteiger partial charge in [-0.2, -0.15) is 9.78 Å². The predicted octanol–water partition coefficient (Wildman–Crippen LogP) is 3.26. The number of aromatic nitrogens is 3. The number of rotatable bonds is 6. The summed E-state index contributed by atoms with van der Waals surface area (Å²) in [5.41, 5.74) is -2.43. The van der Waals surface area contributed by atoms with E-state index in [2.05, 4.69) is 15.4 Å². The van der Waals surface area contributed by atoms with Crippen molar-refractivity contribution in [3.05, 3.63) is 76.1 Å². The summed E-state index contributed by atoms with van der Waals surface area (Å²) in [6, 6.07) is 7.99. The van der Waals surface area contributed by atoms with Gasteiger partial charge < -0.3 is 10.4 Å². The minimum atomic E-state index is -2.76. The van der Waals surface area contributed by atoms with Crippen LogP contribution in [0.4, 0.5) is 13.2 Å². The third-order valence-corrected chi connectivity index (χ3v) is 4.92. The highest BCUT2D eigenvalue weighted by Gasteiger charge is 2.26. The summed E-state index contributed by atoms with van der Waals surface area (Å²) in [5.74, 6) is -1.40. The minimum Gasteiger partial charge on any atom is -0.388 e. The molecule has 3 rings (SSSR count). The first-order chi connectivity index (χ1) is 15.0. The van der Waals surface area contributed by atoms with Crippen LogP contribution in [0.2, 0.25) is 0 Å². The second-order valence-electron chi connectivity index (χ2n) is 7.76. The summed E-state index contributed by atoms with van der Waals surface area (Å²) in [5, 5.41) is 16.8. The molecule has 1 amide bonds. The number of hydrogen-bond acceptors (Lipinski definition) is 5. The van der Waals surface area contributed by atoms with Crippen LogP contribution in [0.15, 0.2) is 53.5 Å². The van der Waals surface area contributed by atoms with Crippen LogP contribution in [0.5, 0.6) is 0 Å². The van der Waals surface area contributed by atoms with E-state index in [9.17, 15) is 27.9 Å². The van der Waals surface area contributed by atoms with Gasteiger partial charge in [0.05, 0.1) is 23.0 Å². The number of nitrogens with one attached hydrogen (secondary N) is 1. The van der Waals surface area contributed by atoms with Gasteiger partial charge in [-0.15, -0.1) is 0 Å². The van der Waals surface area contributed by atoms with E-state index in [-0.39, 0.29) is 22.5 Å². The Labute approximate surface area is 181 Å². The van der Waals surface area contributed by atoms with E-state index in [4.69, 9.17) is 0 Å². The molecular formula is C22H21F3N4O3. The molecule has 0 aliphatic rings. The van der Waals surface area contributed by atoms with Gasteiger partial charge >= 0.3 is 0 Å². The number of benzene rings is 1. The van der Waals surface area contributed by atoms with Gasteiger partial charge in [0.15, 0.2) is 0 Å². The molecule has 1 aromatic carbocycles. The summed E-state index contributed by atoms with van der Waals surface area (Å²) in [6.07, 6.45) is -1.62. The van der Waals surface area contributed by atoms with E-state index in [1.165, 1.54) is 44.2 Å². The van der Waals surface area contributed by atoms with E-state index in [0.717, 1.165) is 23.0 Å². The summed E-state index contributed by atoms with van der Waals surface area (Å²) in [4.78, 5) is 29.5. The molecule has 0 unspecified atom stereocenters. The number of amides is 1. The molecule has 0 aliphatic heterocycles. The molecule has 0 radical (unpaired) electrons. The average Bonchev–Trinajstić information content (AvgIpc) is 2.73. The lowest BCUT2D eigenvalue weighted by atomic mass is 10.0. The Morgan fingerprint density at radius 2 is 1.91 bits per heavy atom. The van der Waals surface area contributed by atoms with E-state index in [1.54, 1.807) is 6.92 Å². The monoisotopic (exact) mass is 446 g/mol. The number of alkyl halides is 2. The molecule has 0 aliphatic carbocycles. The molecule has 2 N–H and O–H groups in total. The largest absolute Gasteiger partial charge is 0.388 e. The van der Waals surface area contributed by atoms with Gasteiger partial charge in [0.25, 0.3) is 17.9 Å². The predicted molar refractivity (Wildman–Crippen MR) is 111 cm³/mol. The Hall–Kier alpha value is -3.53. The highest BCUT2D eigenvalue weighted by Crippen LogP contribution is 2.21. The molecule has 7 nitrogen and oxygen atoms in total. The van der Waals surface area contributed by atoms with Crippen LogP contribution in [0.1, 0.15) is 43.2 Å². The number of aliphatic hydroxyl groups is 1. The Morgan fingerprint density at radius 3 is 2.47 bits per heavy atom. The van der Waals surface area contributed by atoms with Crippen molar-refractivity contribution in [1.82, 2.24) is 20.1 Å². The van der Waals surface area contributed by atoms with E-state index in [1.807, 2.05) is 0 Å². The van der Waals surface area contributed by atoms with Crippen LogP contribution in [0.3, 0.4) is 0 Å². The van der Waals surface area contributed by atoms with Gasteiger partial charge in [0.1, 0.15) is 17.1 Å². The zero-order valence-corrected chi connectivity index (χ0v) is 17.5.